The fraction of sp³-hybridized carbons (Fsp3) is 0.708. The minimum Gasteiger partial charge on any atom is -0.464 e. The van der Waals surface area contributed by atoms with Crippen molar-refractivity contribution in [2.75, 3.05) is 26.4 Å². The number of rotatable bonds is 10. The number of alkyl halides is 1. The van der Waals surface area contributed by atoms with Gasteiger partial charge in [-0.25, -0.2) is 0 Å². The molecular formula is C24H31BBrNO9. The molecule has 4 rings (SSSR count). The van der Waals surface area contributed by atoms with Crippen molar-refractivity contribution in [3.05, 3.63) is 12.2 Å². The number of carbonyl (C=O) groups is 5. The van der Waals surface area contributed by atoms with E-state index >= 15 is 0 Å². The predicted octanol–water partition coefficient (Wildman–Crippen LogP) is 0.566. The summed E-state index contributed by atoms with van der Waals surface area (Å²) < 4.78 is 20.7. The van der Waals surface area contributed by atoms with Crippen molar-refractivity contribution >= 4 is 53.5 Å². The summed E-state index contributed by atoms with van der Waals surface area (Å²) in [6, 6.07) is 0. The van der Waals surface area contributed by atoms with Crippen LogP contribution in [0.4, 0.5) is 0 Å². The number of epoxide rings is 1. The van der Waals surface area contributed by atoms with E-state index in [0.29, 0.717) is 0 Å². The highest BCUT2D eigenvalue weighted by Gasteiger charge is 2.80. The van der Waals surface area contributed by atoms with Gasteiger partial charge in [-0.1, -0.05) is 41.9 Å². The number of halogens is 1. The van der Waals surface area contributed by atoms with Crippen LogP contribution in [-0.2, 0) is 42.9 Å². The van der Waals surface area contributed by atoms with Gasteiger partial charge < -0.3 is 18.9 Å². The summed E-state index contributed by atoms with van der Waals surface area (Å²) >= 11 is 3.21. The molecule has 0 aromatic rings. The molecule has 4 aliphatic rings. The number of esters is 3. The summed E-state index contributed by atoms with van der Waals surface area (Å²) in [6.07, 6.45) is 3.58. The molecule has 12 heteroatoms. The largest absolute Gasteiger partial charge is 0.464 e. The highest BCUT2D eigenvalue weighted by atomic mass is 79.9. The molecule has 196 valence electrons. The molecule has 2 aliphatic carbocycles. The number of nitrogens with zero attached hydrogens (tertiary/aromatic N) is 1. The monoisotopic (exact) mass is 567 g/mol. The number of imide groups is 1. The highest BCUT2D eigenvalue weighted by molar-refractivity contribution is 9.10. The van der Waals surface area contributed by atoms with E-state index in [1.807, 2.05) is 12.2 Å². The molecule has 0 radical (unpaired) electrons. The maximum atomic E-state index is 13.1. The average molecular weight is 568 g/mol. The zero-order chi connectivity index (χ0) is 26.8. The van der Waals surface area contributed by atoms with Crippen molar-refractivity contribution in [1.82, 2.24) is 4.90 Å². The van der Waals surface area contributed by atoms with Gasteiger partial charge in [-0.3, -0.25) is 28.9 Å². The molecule has 1 saturated carbocycles. The molecule has 2 amide bonds. The van der Waals surface area contributed by atoms with Crippen molar-refractivity contribution in [2.24, 2.45) is 23.2 Å². The first kappa shape index (κ1) is 26.8. The van der Waals surface area contributed by atoms with Gasteiger partial charge in [0.2, 0.25) is 11.8 Å². The minimum atomic E-state index is -1.50. The molecule has 0 N–H and O–H groups in total. The zero-order valence-corrected chi connectivity index (χ0v) is 22.9. The van der Waals surface area contributed by atoms with Gasteiger partial charge in [-0.05, 0) is 20.8 Å². The van der Waals surface area contributed by atoms with Crippen molar-refractivity contribution in [1.29, 1.82) is 0 Å². The molecule has 2 aliphatic heterocycles. The van der Waals surface area contributed by atoms with E-state index in [0.717, 1.165) is 4.90 Å². The summed E-state index contributed by atoms with van der Waals surface area (Å²) in [5.74, 6) is -3.51. The van der Waals surface area contributed by atoms with Gasteiger partial charge in [-0.2, -0.15) is 0 Å². The Morgan fingerprint density at radius 2 is 1.58 bits per heavy atom. The van der Waals surface area contributed by atoms with E-state index < -0.39 is 57.0 Å². The maximum Gasteiger partial charge on any atom is 0.322 e. The Kier molecular flexibility index (Phi) is 6.47. The Labute approximate surface area is 218 Å². The lowest BCUT2D eigenvalue weighted by Gasteiger charge is -2.29. The van der Waals surface area contributed by atoms with Crippen LogP contribution in [0.1, 0.15) is 34.6 Å². The number of fused-ring (bicyclic) bond motifs is 3. The number of likely N-dealkylation sites (tertiary alicyclic amines) is 1. The average Bonchev–Trinajstić information content (AvgIpc) is 3.43. The van der Waals surface area contributed by atoms with Gasteiger partial charge >= 0.3 is 17.9 Å². The molecule has 0 aromatic carbocycles. The summed E-state index contributed by atoms with van der Waals surface area (Å²) in [7, 11) is 1.67. The molecule has 0 bridgehead atoms. The Morgan fingerprint density at radius 3 is 2.11 bits per heavy atom. The SMILES string of the molecule is BC(C)(C)C(=O)OCC(C)(COC(=O)C(C)(C)Br)C(=O)OCCN1C(=O)[C@@H]2C3OC34C=CC4[C@@H]2C1=O. The van der Waals surface area contributed by atoms with Gasteiger partial charge in [0.15, 0.2) is 0 Å². The van der Waals surface area contributed by atoms with Crippen LogP contribution in [0, 0.1) is 23.2 Å². The van der Waals surface area contributed by atoms with Crippen LogP contribution in [0.5, 0.6) is 0 Å². The molecular weight excluding hydrogens is 537 g/mol. The van der Waals surface area contributed by atoms with Crippen molar-refractivity contribution in [2.45, 2.75) is 56.0 Å². The fourth-order valence-corrected chi connectivity index (χ4v) is 4.95. The lowest BCUT2D eigenvalue weighted by Crippen LogP contribution is -2.44. The van der Waals surface area contributed by atoms with E-state index in [-0.39, 0.29) is 43.6 Å². The van der Waals surface area contributed by atoms with Crippen LogP contribution >= 0.6 is 15.9 Å². The third kappa shape index (κ3) is 4.40. The molecule has 2 heterocycles. The maximum absolute atomic E-state index is 13.1. The van der Waals surface area contributed by atoms with Crippen molar-refractivity contribution < 1.29 is 42.9 Å². The van der Waals surface area contributed by atoms with E-state index in [1.54, 1.807) is 35.5 Å². The van der Waals surface area contributed by atoms with E-state index in [1.165, 1.54) is 6.92 Å². The minimum absolute atomic E-state index is 0.0781. The third-order valence-electron chi connectivity index (χ3n) is 7.19. The quantitative estimate of drug-likeness (QED) is 0.0707. The number of amides is 2. The lowest BCUT2D eigenvalue weighted by atomic mass is 9.73. The number of hydrogen-bond acceptors (Lipinski definition) is 9. The standard InChI is InChI=1S/C24H31BBrNO9/c1-21(2,25)18(30)34-10-23(5,11-35-19(31)22(3,4)26)20(32)33-9-8-27-16(28)13-12-6-7-24(12)15(36-24)14(13)17(27)29/h6-7,12-15H,8-11,25H2,1-5H3/t12?,13-,14-,15?,23?,24?/m0/s1. The van der Waals surface area contributed by atoms with Gasteiger partial charge in [-0.15, -0.1) is 0 Å². The van der Waals surface area contributed by atoms with Crippen LogP contribution in [0.3, 0.4) is 0 Å². The number of carbonyl (C=O) groups excluding carboxylic acids is 5. The topological polar surface area (TPSA) is 129 Å². The summed E-state index contributed by atoms with van der Waals surface area (Å²) in [6.45, 7) is 6.90. The zero-order valence-electron chi connectivity index (χ0n) is 21.3. The van der Waals surface area contributed by atoms with Crippen molar-refractivity contribution in [3.63, 3.8) is 0 Å². The first-order valence-electron chi connectivity index (χ1n) is 12.0. The van der Waals surface area contributed by atoms with Crippen LogP contribution in [0.15, 0.2) is 12.2 Å². The first-order valence-corrected chi connectivity index (χ1v) is 12.8. The second-order valence-electron chi connectivity index (χ2n) is 11.7. The Bertz CT molecular complexity index is 1020. The van der Waals surface area contributed by atoms with Gasteiger partial charge in [0, 0.05) is 11.2 Å². The predicted molar refractivity (Wildman–Crippen MR) is 131 cm³/mol. The van der Waals surface area contributed by atoms with Gasteiger partial charge in [0.05, 0.1) is 18.4 Å². The van der Waals surface area contributed by atoms with Crippen LogP contribution < -0.4 is 0 Å². The van der Waals surface area contributed by atoms with E-state index in [2.05, 4.69) is 15.9 Å². The van der Waals surface area contributed by atoms with Gasteiger partial charge in [0.25, 0.3) is 0 Å². The summed E-state index contributed by atoms with van der Waals surface area (Å²) in [4.78, 5) is 64.5. The third-order valence-corrected chi connectivity index (χ3v) is 7.51. The second kappa shape index (κ2) is 8.68. The molecule has 3 fully saturated rings. The van der Waals surface area contributed by atoms with Crippen LogP contribution in [0.2, 0.25) is 5.31 Å². The molecule has 1 spiro atoms. The lowest BCUT2D eigenvalue weighted by molar-refractivity contribution is -0.172. The Morgan fingerprint density at radius 1 is 1.00 bits per heavy atom. The van der Waals surface area contributed by atoms with E-state index in [9.17, 15) is 24.0 Å². The smallest absolute Gasteiger partial charge is 0.322 e. The molecule has 4 unspecified atom stereocenters. The van der Waals surface area contributed by atoms with E-state index in [4.69, 9.17) is 18.9 Å². The Balaban J connectivity index is 1.36. The highest BCUT2D eigenvalue weighted by Crippen LogP contribution is 2.67. The van der Waals surface area contributed by atoms with Crippen LogP contribution in [0.25, 0.3) is 0 Å². The molecule has 0 aromatic heterocycles. The van der Waals surface area contributed by atoms with Crippen LogP contribution in [-0.4, -0.2) is 84.9 Å². The number of ether oxygens (including phenoxy) is 4. The Hall–Kier alpha value is -2.21. The molecule has 10 nitrogen and oxygen atoms in total. The summed E-state index contributed by atoms with van der Waals surface area (Å²) in [5.41, 5.74) is -1.92. The fourth-order valence-electron chi connectivity index (χ4n) is 4.83. The molecule has 6 atom stereocenters. The summed E-state index contributed by atoms with van der Waals surface area (Å²) in [5, 5.41) is -0.799. The molecule has 2 saturated heterocycles. The second-order valence-corrected chi connectivity index (χ2v) is 13.7. The van der Waals surface area contributed by atoms with Gasteiger partial charge in [0.1, 0.15) is 49.1 Å². The first-order chi connectivity index (χ1) is 16.5. The normalized spacial score (nSPS) is 31.6. The number of hydrogen-bond donors (Lipinski definition) is 0. The van der Waals surface area contributed by atoms with Crippen molar-refractivity contribution in [3.8, 4) is 0 Å². The molecule has 36 heavy (non-hydrogen) atoms.